The minimum Gasteiger partial charge on any atom is -0.480 e. The molecule has 1 aromatic heterocycles. The van der Waals surface area contributed by atoms with Crippen molar-refractivity contribution in [2.75, 3.05) is 7.11 Å². The lowest BCUT2D eigenvalue weighted by molar-refractivity contribution is 0.393. The van der Waals surface area contributed by atoms with Crippen molar-refractivity contribution < 1.29 is 4.74 Å². The van der Waals surface area contributed by atoms with Gasteiger partial charge in [0.25, 0.3) is 0 Å². The summed E-state index contributed by atoms with van der Waals surface area (Å²) in [6.45, 7) is 0.434. The van der Waals surface area contributed by atoms with Crippen molar-refractivity contribution in [2.24, 2.45) is 5.73 Å². The van der Waals surface area contributed by atoms with E-state index in [2.05, 4.69) is 20.9 Å². The Kier molecular flexibility index (Phi) is 2.84. The molecule has 11 heavy (non-hydrogen) atoms. The summed E-state index contributed by atoms with van der Waals surface area (Å²) < 4.78 is 5.82. The summed E-state index contributed by atoms with van der Waals surface area (Å²) in [5.41, 5.74) is 6.21. The van der Waals surface area contributed by atoms with Gasteiger partial charge in [0.2, 0.25) is 5.88 Å². The van der Waals surface area contributed by atoms with Crippen LogP contribution in [-0.2, 0) is 6.54 Å². The first-order valence-electron chi connectivity index (χ1n) is 3.17. The zero-order valence-corrected chi connectivity index (χ0v) is 7.76. The van der Waals surface area contributed by atoms with E-state index in [1.54, 1.807) is 7.11 Å². The second-order valence-electron chi connectivity index (χ2n) is 2.00. The molecule has 0 spiro atoms. The van der Waals surface area contributed by atoms with Crippen LogP contribution in [0, 0.1) is 0 Å². The lowest BCUT2D eigenvalue weighted by atomic mass is 10.3. The molecule has 0 aliphatic carbocycles. The molecule has 0 atom stereocenters. The van der Waals surface area contributed by atoms with Crippen LogP contribution in [0.1, 0.15) is 5.69 Å². The molecular formula is C7H9BrN2O. The van der Waals surface area contributed by atoms with E-state index in [4.69, 9.17) is 10.5 Å². The van der Waals surface area contributed by atoms with Gasteiger partial charge in [-0.1, -0.05) is 0 Å². The highest BCUT2D eigenvalue weighted by atomic mass is 79.9. The monoisotopic (exact) mass is 216 g/mol. The van der Waals surface area contributed by atoms with Crippen LogP contribution in [0.15, 0.2) is 16.6 Å². The van der Waals surface area contributed by atoms with Crippen LogP contribution in [0.3, 0.4) is 0 Å². The number of pyridine rings is 1. The maximum atomic E-state index is 5.39. The zero-order valence-electron chi connectivity index (χ0n) is 6.17. The van der Waals surface area contributed by atoms with E-state index in [-0.39, 0.29) is 0 Å². The highest BCUT2D eigenvalue weighted by molar-refractivity contribution is 9.10. The molecule has 0 bridgehead atoms. The number of ether oxygens (including phenoxy) is 1. The second kappa shape index (κ2) is 3.69. The molecule has 1 heterocycles. The Morgan fingerprint density at radius 1 is 1.64 bits per heavy atom. The van der Waals surface area contributed by atoms with Gasteiger partial charge in [-0.3, -0.25) is 0 Å². The van der Waals surface area contributed by atoms with Gasteiger partial charge in [-0.2, -0.15) is 0 Å². The Labute approximate surface area is 73.7 Å². The quantitative estimate of drug-likeness (QED) is 0.812. The standard InChI is InChI=1S/C7H9BrN2O/c1-11-7-6(8)3-2-5(4-9)10-7/h2-3H,4,9H2,1H3. The lowest BCUT2D eigenvalue weighted by Crippen LogP contribution is -2.00. The molecular weight excluding hydrogens is 208 g/mol. The predicted octanol–water partition coefficient (Wildman–Crippen LogP) is 1.31. The van der Waals surface area contributed by atoms with Crippen LogP contribution < -0.4 is 10.5 Å². The fraction of sp³-hybridized carbons (Fsp3) is 0.286. The van der Waals surface area contributed by atoms with Crippen LogP contribution in [0.5, 0.6) is 5.88 Å². The maximum absolute atomic E-state index is 5.39. The van der Waals surface area contributed by atoms with Gasteiger partial charge in [0.05, 0.1) is 17.3 Å². The average molecular weight is 217 g/mol. The van der Waals surface area contributed by atoms with Gasteiger partial charge in [-0.05, 0) is 28.1 Å². The van der Waals surface area contributed by atoms with E-state index in [1.807, 2.05) is 12.1 Å². The van der Waals surface area contributed by atoms with Crippen molar-refractivity contribution in [3.8, 4) is 5.88 Å². The Bertz CT molecular complexity index is 252. The third kappa shape index (κ3) is 1.91. The van der Waals surface area contributed by atoms with Gasteiger partial charge in [0.1, 0.15) is 0 Å². The molecule has 3 nitrogen and oxygen atoms in total. The van der Waals surface area contributed by atoms with E-state index in [9.17, 15) is 0 Å². The molecule has 0 amide bonds. The number of nitrogens with zero attached hydrogens (tertiary/aromatic N) is 1. The summed E-state index contributed by atoms with van der Waals surface area (Å²) in [5, 5.41) is 0. The topological polar surface area (TPSA) is 48.1 Å². The summed E-state index contributed by atoms with van der Waals surface area (Å²) in [5.74, 6) is 0.577. The molecule has 4 heteroatoms. The van der Waals surface area contributed by atoms with Crippen LogP contribution in [-0.4, -0.2) is 12.1 Å². The van der Waals surface area contributed by atoms with Crippen molar-refractivity contribution in [1.29, 1.82) is 0 Å². The first-order valence-corrected chi connectivity index (χ1v) is 3.96. The number of hydrogen-bond acceptors (Lipinski definition) is 3. The molecule has 0 saturated heterocycles. The first kappa shape index (κ1) is 8.49. The molecule has 0 unspecified atom stereocenters. The minimum absolute atomic E-state index is 0.434. The minimum atomic E-state index is 0.434. The Balaban J connectivity index is 3.02. The Hall–Kier alpha value is -0.610. The van der Waals surface area contributed by atoms with Crippen molar-refractivity contribution in [2.45, 2.75) is 6.54 Å². The largest absolute Gasteiger partial charge is 0.480 e. The molecule has 0 aliphatic rings. The third-order valence-electron chi connectivity index (χ3n) is 1.27. The van der Waals surface area contributed by atoms with Crippen LogP contribution in [0.2, 0.25) is 0 Å². The van der Waals surface area contributed by atoms with Gasteiger partial charge in [0, 0.05) is 6.54 Å². The molecule has 1 rings (SSSR count). The maximum Gasteiger partial charge on any atom is 0.227 e. The van der Waals surface area contributed by atoms with Crippen LogP contribution in [0.25, 0.3) is 0 Å². The number of hydrogen-bond donors (Lipinski definition) is 1. The third-order valence-corrected chi connectivity index (χ3v) is 1.88. The number of halogens is 1. The summed E-state index contributed by atoms with van der Waals surface area (Å²) >= 11 is 3.29. The van der Waals surface area contributed by atoms with Gasteiger partial charge < -0.3 is 10.5 Å². The molecule has 0 aromatic carbocycles. The number of rotatable bonds is 2. The Morgan fingerprint density at radius 2 is 2.36 bits per heavy atom. The van der Waals surface area contributed by atoms with Gasteiger partial charge >= 0.3 is 0 Å². The molecule has 60 valence electrons. The summed E-state index contributed by atoms with van der Waals surface area (Å²) in [6.07, 6.45) is 0. The smallest absolute Gasteiger partial charge is 0.227 e. The van der Waals surface area contributed by atoms with Gasteiger partial charge in [-0.15, -0.1) is 0 Å². The molecule has 2 N–H and O–H groups in total. The van der Waals surface area contributed by atoms with E-state index in [0.717, 1.165) is 10.2 Å². The van der Waals surface area contributed by atoms with Crippen LogP contribution >= 0.6 is 15.9 Å². The molecule has 0 aliphatic heterocycles. The fourth-order valence-corrected chi connectivity index (χ4v) is 1.10. The summed E-state index contributed by atoms with van der Waals surface area (Å²) in [7, 11) is 1.58. The van der Waals surface area contributed by atoms with Crippen LogP contribution in [0.4, 0.5) is 0 Å². The van der Waals surface area contributed by atoms with Gasteiger partial charge in [-0.25, -0.2) is 4.98 Å². The Morgan fingerprint density at radius 3 is 2.91 bits per heavy atom. The number of aromatic nitrogens is 1. The average Bonchev–Trinajstić information content (AvgIpc) is 2.05. The van der Waals surface area contributed by atoms with Crippen molar-refractivity contribution in [3.63, 3.8) is 0 Å². The zero-order chi connectivity index (χ0) is 8.27. The molecule has 0 fully saturated rings. The van der Waals surface area contributed by atoms with E-state index >= 15 is 0 Å². The summed E-state index contributed by atoms with van der Waals surface area (Å²) in [6, 6.07) is 3.72. The molecule has 0 saturated carbocycles. The van der Waals surface area contributed by atoms with Crippen molar-refractivity contribution in [1.82, 2.24) is 4.98 Å². The number of methoxy groups -OCH3 is 1. The summed E-state index contributed by atoms with van der Waals surface area (Å²) in [4.78, 5) is 4.12. The van der Waals surface area contributed by atoms with E-state index < -0.39 is 0 Å². The molecule has 0 radical (unpaired) electrons. The number of nitrogens with two attached hydrogens (primary N) is 1. The van der Waals surface area contributed by atoms with E-state index in [0.29, 0.717) is 12.4 Å². The normalized spacial score (nSPS) is 9.73. The first-order chi connectivity index (χ1) is 5.27. The highest BCUT2D eigenvalue weighted by Crippen LogP contribution is 2.21. The van der Waals surface area contributed by atoms with Crippen molar-refractivity contribution in [3.05, 3.63) is 22.3 Å². The van der Waals surface area contributed by atoms with E-state index in [1.165, 1.54) is 0 Å². The highest BCUT2D eigenvalue weighted by Gasteiger charge is 2.00. The SMILES string of the molecule is COc1nc(CN)ccc1Br. The second-order valence-corrected chi connectivity index (χ2v) is 2.85. The fourth-order valence-electron chi connectivity index (χ4n) is 0.719. The van der Waals surface area contributed by atoms with Crippen molar-refractivity contribution >= 4 is 15.9 Å². The van der Waals surface area contributed by atoms with Gasteiger partial charge in [0.15, 0.2) is 0 Å². The molecule has 1 aromatic rings. The predicted molar refractivity (Wildman–Crippen MR) is 46.4 cm³/mol. The lowest BCUT2D eigenvalue weighted by Gasteiger charge is -2.02.